The van der Waals surface area contributed by atoms with Crippen molar-refractivity contribution < 1.29 is 4.42 Å². The molecule has 0 saturated carbocycles. The number of aromatic nitrogens is 1. The summed E-state index contributed by atoms with van der Waals surface area (Å²) >= 11 is 5.69. The Morgan fingerprint density at radius 3 is 2.62 bits per heavy atom. The molecule has 1 heterocycles. The van der Waals surface area contributed by atoms with Crippen molar-refractivity contribution >= 4 is 17.6 Å². The maximum atomic E-state index is 5.69. The molecule has 16 heavy (non-hydrogen) atoms. The average Bonchev–Trinajstić information content (AvgIpc) is 2.72. The maximum Gasteiger partial charge on any atom is 0.297 e. The molecule has 0 bridgehead atoms. The lowest BCUT2D eigenvalue weighted by molar-refractivity contribution is 0.397. The SMILES string of the molecule is CCN(CCCN(C)C)c1nc(CCl)co1. The summed E-state index contributed by atoms with van der Waals surface area (Å²) in [5, 5.41) is 0. The van der Waals surface area contributed by atoms with Crippen molar-refractivity contribution in [3.05, 3.63) is 12.0 Å². The van der Waals surface area contributed by atoms with Gasteiger partial charge in [0.1, 0.15) is 6.26 Å². The summed E-state index contributed by atoms with van der Waals surface area (Å²) in [6.45, 7) is 5.02. The number of nitrogens with zero attached hydrogens (tertiary/aromatic N) is 3. The van der Waals surface area contributed by atoms with Gasteiger partial charge in [-0.25, -0.2) is 0 Å². The van der Waals surface area contributed by atoms with Gasteiger partial charge in [0.05, 0.1) is 11.6 Å². The molecule has 1 rings (SSSR count). The number of hydrogen-bond donors (Lipinski definition) is 0. The molecule has 1 aromatic rings. The van der Waals surface area contributed by atoms with Gasteiger partial charge in [-0.2, -0.15) is 4.98 Å². The average molecular weight is 246 g/mol. The number of rotatable bonds is 7. The van der Waals surface area contributed by atoms with Crippen LogP contribution in [0.25, 0.3) is 0 Å². The number of halogens is 1. The van der Waals surface area contributed by atoms with Gasteiger partial charge in [-0.05, 0) is 34.0 Å². The highest BCUT2D eigenvalue weighted by atomic mass is 35.5. The van der Waals surface area contributed by atoms with Crippen LogP contribution in [0.4, 0.5) is 6.01 Å². The van der Waals surface area contributed by atoms with E-state index >= 15 is 0 Å². The van der Waals surface area contributed by atoms with Gasteiger partial charge in [0.25, 0.3) is 6.01 Å². The van der Waals surface area contributed by atoms with Gasteiger partial charge >= 0.3 is 0 Å². The second-order valence-electron chi connectivity index (χ2n) is 3.99. The number of hydrogen-bond acceptors (Lipinski definition) is 4. The Morgan fingerprint density at radius 2 is 2.12 bits per heavy atom. The van der Waals surface area contributed by atoms with Crippen molar-refractivity contribution in [2.75, 3.05) is 38.6 Å². The van der Waals surface area contributed by atoms with Crippen LogP contribution in [-0.2, 0) is 5.88 Å². The Kier molecular flexibility index (Phi) is 5.63. The first kappa shape index (κ1) is 13.3. The van der Waals surface area contributed by atoms with Crippen molar-refractivity contribution in [3.63, 3.8) is 0 Å². The van der Waals surface area contributed by atoms with Crippen molar-refractivity contribution in [1.82, 2.24) is 9.88 Å². The summed E-state index contributed by atoms with van der Waals surface area (Å²) in [4.78, 5) is 8.61. The van der Waals surface area contributed by atoms with Crippen LogP contribution in [0.1, 0.15) is 19.0 Å². The molecule has 0 spiro atoms. The summed E-state index contributed by atoms with van der Waals surface area (Å²) in [6.07, 6.45) is 2.72. The van der Waals surface area contributed by atoms with Crippen LogP contribution >= 0.6 is 11.6 Å². The van der Waals surface area contributed by atoms with E-state index in [-0.39, 0.29) is 0 Å². The summed E-state index contributed by atoms with van der Waals surface area (Å²) < 4.78 is 5.38. The third kappa shape index (κ3) is 4.02. The molecule has 1 aromatic heterocycles. The van der Waals surface area contributed by atoms with E-state index in [1.165, 1.54) is 0 Å². The Labute approximate surface area is 102 Å². The molecule has 0 fully saturated rings. The zero-order chi connectivity index (χ0) is 12.0. The van der Waals surface area contributed by atoms with E-state index in [4.69, 9.17) is 16.0 Å². The van der Waals surface area contributed by atoms with Crippen LogP contribution in [0.3, 0.4) is 0 Å². The van der Waals surface area contributed by atoms with E-state index in [1.807, 2.05) is 0 Å². The van der Waals surface area contributed by atoms with Crippen LogP contribution < -0.4 is 4.90 Å². The molecule has 0 N–H and O–H groups in total. The lowest BCUT2D eigenvalue weighted by Gasteiger charge is -2.19. The third-order valence-corrected chi connectivity index (χ3v) is 2.64. The number of anilines is 1. The Morgan fingerprint density at radius 1 is 1.38 bits per heavy atom. The van der Waals surface area contributed by atoms with E-state index in [0.29, 0.717) is 11.9 Å². The predicted octanol–water partition coefficient (Wildman–Crippen LogP) is 2.19. The topological polar surface area (TPSA) is 32.5 Å². The first-order valence-electron chi connectivity index (χ1n) is 5.57. The Bertz CT molecular complexity index is 301. The lowest BCUT2D eigenvalue weighted by Crippen LogP contribution is -2.27. The highest BCUT2D eigenvalue weighted by molar-refractivity contribution is 6.16. The molecule has 0 amide bonds. The minimum Gasteiger partial charge on any atom is -0.432 e. The van der Waals surface area contributed by atoms with Crippen molar-refractivity contribution in [2.24, 2.45) is 0 Å². The van der Waals surface area contributed by atoms with Crippen LogP contribution in [0, 0.1) is 0 Å². The second-order valence-corrected chi connectivity index (χ2v) is 4.26. The molecule has 92 valence electrons. The van der Waals surface area contributed by atoms with Gasteiger partial charge in [-0.15, -0.1) is 11.6 Å². The standard InChI is InChI=1S/C11H20ClN3O/c1-4-15(7-5-6-14(2)3)11-13-10(8-12)9-16-11/h9H,4-8H2,1-3H3. The smallest absolute Gasteiger partial charge is 0.297 e. The first-order chi connectivity index (χ1) is 7.67. The lowest BCUT2D eigenvalue weighted by atomic mass is 10.3. The van der Waals surface area contributed by atoms with E-state index < -0.39 is 0 Å². The fourth-order valence-electron chi connectivity index (χ4n) is 1.47. The van der Waals surface area contributed by atoms with Gasteiger partial charge in [0.15, 0.2) is 0 Å². The molecule has 0 atom stereocenters. The van der Waals surface area contributed by atoms with Gasteiger partial charge in [-0.3, -0.25) is 0 Å². The van der Waals surface area contributed by atoms with Gasteiger partial charge in [0.2, 0.25) is 0 Å². The molecular weight excluding hydrogens is 226 g/mol. The summed E-state index contributed by atoms with van der Waals surface area (Å²) in [5.41, 5.74) is 0.794. The van der Waals surface area contributed by atoms with E-state index in [1.54, 1.807) is 6.26 Å². The Hall–Kier alpha value is -0.740. The van der Waals surface area contributed by atoms with Crippen LogP contribution in [0.2, 0.25) is 0 Å². The summed E-state index contributed by atoms with van der Waals surface area (Å²) in [6, 6.07) is 0.678. The number of alkyl halides is 1. The molecule has 0 unspecified atom stereocenters. The molecule has 0 aliphatic rings. The highest BCUT2D eigenvalue weighted by Crippen LogP contribution is 2.14. The van der Waals surface area contributed by atoms with Crippen molar-refractivity contribution in [3.8, 4) is 0 Å². The van der Waals surface area contributed by atoms with Crippen LogP contribution in [0.5, 0.6) is 0 Å². The van der Waals surface area contributed by atoms with E-state index in [0.717, 1.165) is 31.7 Å². The predicted molar refractivity (Wildman–Crippen MR) is 67.1 cm³/mol. The molecule has 0 aromatic carbocycles. The van der Waals surface area contributed by atoms with Crippen LogP contribution in [-0.4, -0.2) is 43.6 Å². The largest absolute Gasteiger partial charge is 0.432 e. The zero-order valence-electron chi connectivity index (χ0n) is 10.2. The Balaban J connectivity index is 2.46. The molecule has 4 nitrogen and oxygen atoms in total. The zero-order valence-corrected chi connectivity index (χ0v) is 11.0. The maximum absolute atomic E-state index is 5.69. The monoisotopic (exact) mass is 245 g/mol. The first-order valence-corrected chi connectivity index (χ1v) is 6.10. The fourth-order valence-corrected chi connectivity index (χ4v) is 1.59. The van der Waals surface area contributed by atoms with E-state index in [2.05, 4.69) is 35.8 Å². The molecule has 5 heteroatoms. The fraction of sp³-hybridized carbons (Fsp3) is 0.727. The molecule has 0 saturated heterocycles. The minimum absolute atomic E-state index is 0.402. The van der Waals surface area contributed by atoms with Crippen molar-refractivity contribution in [1.29, 1.82) is 0 Å². The molecular formula is C11H20ClN3O. The highest BCUT2D eigenvalue weighted by Gasteiger charge is 2.10. The molecule has 0 radical (unpaired) electrons. The minimum atomic E-state index is 0.402. The number of oxazole rings is 1. The molecule has 0 aliphatic heterocycles. The van der Waals surface area contributed by atoms with Crippen molar-refractivity contribution in [2.45, 2.75) is 19.2 Å². The quantitative estimate of drug-likeness (QED) is 0.690. The summed E-state index contributed by atoms with van der Waals surface area (Å²) in [5.74, 6) is 0.402. The van der Waals surface area contributed by atoms with Crippen LogP contribution in [0.15, 0.2) is 10.7 Å². The molecule has 0 aliphatic carbocycles. The van der Waals surface area contributed by atoms with Gasteiger partial charge in [-0.1, -0.05) is 0 Å². The van der Waals surface area contributed by atoms with E-state index in [9.17, 15) is 0 Å². The van der Waals surface area contributed by atoms with Gasteiger partial charge < -0.3 is 14.2 Å². The summed E-state index contributed by atoms with van der Waals surface area (Å²) in [7, 11) is 4.15. The third-order valence-electron chi connectivity index (χ3n) is 2.36. The van der Waals surface area contributed by atoms with Gasteiger partial charge in [0, 0.05) is 13.1 Å². The normalized spacial score (nSPS) is 11.1. The second kappa shape index (κ2) is 6.76.